The van der Waals surface area contributed by atoms with Crippen molar-refractivity contribution in [3.8, 4) is 0 Å². The minimum Gasteiger partial charge on any atom is -0.390 e. The molecule has 23 heavy (non-hydrogen) atoms. The molecule has 1 aromatic carbocycles. The molecular formula is C16H29ClN2O3Si. The minimum absolute atomic E-state index is 0. The summed E-state index contributed by atoms with van der Waals surface area (Å²) in [5, 5.41) is 6.65. The van der Waals surface area contributed by atoms with Gasteiger partial charge in [-0.15, -0.1) is 12.4 Å². The first-order valence-electron chi connectivity index (χ1n) is 7.57. The van der Waals surface area contributed by atoms with E-state index in [-0.39, 0.29) is 12.4 Å². The maximum atomic E-state index is 5.38. The molecule has 0 saturated heterocycles. The van der Waals surface area contributed by atoms with Crippen LogP contribution in [0.25, 0.3) is 6.08 Å². The summed E-state index contributed by atoms with van der Waals surface area (Å²) in [4.78, 5) is 0. The predicted molar refractivity (Wildman–Crippen MR) is 99.8 cm³/mol. The highest BCUT2D eigenvalue weighted by molar-refractivity contribution is 6.60. The summed E-state index contributed by atoms with van der Waals surface area (Å²) in [6.07, 6.45) is 5.02. The molecule has 0 aliphatic carbocycles. The molecule has 5 nitrogen and oxygen atoms in total. The zero-order chi connectivity index (χ0) is 16.1. The van der Waals surface area contributed by atoms with E-state index in [1.807, 2.05) is 24.4 Å². The normalized spacial score (nSPS) is 11.4. The molecule has 0 fully saturated rings. The molecule has 0 saturated carbocycles. The van der Waals surface area contributed by atoms with Crippen LogP contribution in [0.3, 0.4) is 0 Å². The maximum Gasteiger partial charge on any atom is 0.500 e. The summed E-state index contributed by atoms with van der Waals surface area (Å²) in [7, 11) is 2.54. The molecule has 1 aromatic rings. The summed E-state index contributed by atoms with van der Waals surface area (Å²) in [5.41, 5.74) is 1.20. The zero-order valence-electron chi connectivity index (χ0n) is 14.2. The van der Waals surface area contributed by atoms with Gasteiger partial charge in [0.25, 0.3) is 0 Å². The van der Waals surface area contributed by atoms with Crippen molar-refractivity contribution in [2.24, 2.45) is 0 Å². The molecule has 0 amide bonds. The Hall–Kier alpha value is -0.893. The first-order valence-corrected chi connectivity index (χ1v) is 9.50. The average molecular weight is 361 g/mol. The number of benzene rings is 1. The first-order chi connectivity index (χ1) is 10.8. The van der Waals surface area contributed by atoms with E-state index in [1.165, 1.54) is 5.56 Å². The lowest BCUT2D eigenvalue weighted by Gasteiger charge is -2.24. The van der Waals surface area contributed by atoms with Gasteiger partial charge in [-0.1, -0.05) is 30.3 Å². The molecule has 0 aliphatic rings. The average Bonchev–Trinajstić information content (AvgIpc) is 2.58. The van der Waals surface area contributed by atoms with Crippen molar-refractivity contribution in [1.29, 1.82) is 0 Å². The summed E-state index contributed by atoms with van der Waals surface area (Å²) < 4.78 is 16.1. The van der Waals surface area contributed by atoms with Gasteiger partial charge in [0.1, 0.15) is 0 Å². The van der Waals surface area contributed by atoms with Gasteiger partial charge in [0, 0.05) is 40.5 Å². The number of hydrogen-bond donors (Lipinski definition) is 2. The third kappa shape index (κ3) is 9.10. The van der Waals surface area contributed by atoms with E-state index in [1.54, 1.807) is 21.3 Å². The standard InChI is InChI=1S/C16H28N2O3Si.ClH/c1-19-22(20-2,21-3)15-7-11-17-13-14-18-12-10-16-8-5-4-6-9-16;/h4-6,8-10,12,17-18H,7,11,13-15H2,1-3H3;1H/b12-10+;. The Labute approximate surface area is 147 Å². The van der Waals surface area contributed by atoms with Crippen LogP contribution in [0.1, 0.15) is 12.0 Å². The molecule has 0 aromatic heterocycles. The van der Waals surface area contributed by atoms with Gasteiger partial charge in [-0.3, -0.25) is 0 Å². The monoisotopic (exact) mass is 360 g/mol. The molecule has 0 unspecified atom stereocenters. The Morgan fingerprint density at radius 2 is 1.61 bits per heavy atom. The number of hydrogen-bond acceptors (Lipinski definition) is 5. The topological polar surface area (TPSA) is 51.8 Å². The van der Waals surface area contributed by atoms with E-state index in [4.69, 9.17) is 13.3 Å². The van der Waals surface area contributed by atoms with Crippen molar-refractivity contribution in [2.75, 3.05) is 41.0 Å². The number of nitrogens with one attached hydrogen (secondary N) is 2. The third-order valence-electron chi connectivity index (χ3n) is 3.41. The van der Waals surface area contributed by atoms with Gasteiger partial charge >= 0.3 is 8.80 Å². The van der Waals surface area contributed by atoms with E-state index in [9.17, 15) is 0 Å². The fourth-order valence-corrected chi connectivity index (χ4v) is 3.80. The van der Waals surface area contributed by atoms with Gasteiger partial charge in [0.15, 0.2) is 0 Å². The SMILES string of the molecule is CO[Si](CCCNCCN/C=C/c1ccccc1)(OC)OC.Cl. The molecule has 0 aliphatic heterocycles. The van der Waals surface area contributed by atoms with Gasteiger partial charge in [-0.2, -0.15) is 0 Å². The van der Waals surface area contributed by atoms with Crippen molar-refractivity contribution in [3.05, 3.63) is 42.1 Å². The lowest BCUT2D eigenvalue weighted by Crippen LogP contribution is -2.43. The van der Waals surface area contributed by atoms with Gasteiger partial charge in [-0.05, 0) is 30.8 Å². The van der Waals surface area contributed by atoms with Gasteiger partial charge in [0.05, 0.1) is 0 Å². The van der Waals surface area contributed by atoms with E-state index >= 15 is 0 Å². The highest BCUT2D eigenvalue weighted by Crippen LogP contribution is 2.14. The number of rotatable bonds is 12. The van der Waals surface area contributed by atoms with E-state index in [2.05, 4.69) is 28.8 Å². The highest BCUT2D eigenvalue weighted by Gasteiger charge is 2.36. The van der Waals surface area contributed by atoms with Crippen LogP contribution < -0.4 is 10.6 Å². The molecule has 0 spiro atoms. The second-order valence-corrected chi connectivity index (χ2v) is 7.94. The molecule has 7 heteroatoms. The van der Waals surface area contributed by atoms with Crippen LogP contribution in [-0.2, 0) is 13.3 Å². The number of halogens is 1. The summed E-state index contributed by atoms with van der Waals surface area (Å²) in [6, 6.07) is 11.1. The summed E-state index contributed by atoms with van der Waals surface area (Å²) in [6.45, 7) is 2.74. The Morgan fingerprint density at radius 1 is 0.957 bits per heavy atom. The first kappa shape index (κ1) is 22.1. The second kappa shape index (κ2) is 13.5. The maximum absolute atomic E-state index is 5.38. The van der Waals surface area contributed by atoms with Crippen LogP contribution in [0.15, 0.2) is 36.5 Å². The fourth-order valence-electron chi connectivity index (χ4n) is 2.07. The van der Waals surface area contributed by atoms with Crippen LogP contribution in [0.2, 0.25) is 6.04 Å². The van der Waals surface area contributed by atoms with Gasteiger partial charge < -0.3 is 23.9 Å². The van der Waals surface area contributed by atoms with Crippen molar-refractivity contribution >= 4 is 27.3 Å². The second-order valence-electron chi connectivity index (χ2n) is 4.85. The Bertz CT molecular complexity index is 409. The van der Waals surface area contributed by atoms with Crippen molar-refractivity contribution in [1.82, 2.24) is 10.6 Å². The summed E-state index contributed by atoms with van der Waals surface area (Å²) >= 11 is 0. The smallest absolute Gasteiger partial charge is 0.390 e. The van der Waals surface area contributed by atoms with Gasteiger partial charge in [0.2, 0.25) is 0 Å². The molecule has 132 valence electrons. The minimum atomic E-state index is -2.40. The van der Waals surface area contributed by atoms with Crippen LogP contribution in [0, 0.1) is 0 Å². The van der Waals surface area contributed by atoms with Crippen LogP contribution in [-0.4, -0.2) is 49.8 Å². The highest BCUT2D eigenvalue weighted by atomic mass is 35.5. The molecule has 0 radical (unpaired) electrons. The van der Waals surface area contributed by atoms with Crippen LogP contribution in [0.5, 0.6) is 0 Å². The molecule has 2 N–H and O–H groups in total. The molecule has 0 bridgehead atoms. The van der Waals surface area contributed by atoms with Crippen molar-refractivity contribution in [3.63, 3.8) is 0 Å². The molecule has 0 heterocycles. The van der Waals surface area contributed by atoms with Crippen LogP contribution in [0.4, 0.5) is 0 Å². The zero-order valence-corrected chi connectivity index (χ0v) is 16.0. The quantitative estimate of drug-likeness (QED) is 0.443. The Balaban J connectivity index is 0.00000484. The Morgan fingerprint density at radius 3 is 2.22 bits per heavy atom. The van der Waals surface area contributed by atoms with E-state index < -0.39 is 8.80 Å². The lowest BCUT2D eigenvalue weighted by molar-refractivity contribution is 0.123. The van der Waals surface area contributed by atoms with Crippen molar-refractivity contribution in [2.45, 2.75) is 12.5 Å². The Kier molecular flexibility index (Phi) is 13.0. The predicted octanol–water partition coefficient (Wildman–Crippen LogP) is 2.53. The largest absolute Gasteiger partial charge is 0.500 e. The summed E-state index contributed by atoms with van der Waals surface area (Å²) in [5.74, 6) is 0. The van der Waals surface area contributed by atoms with Crippen LogP contribution >= 0.6 is 12.4 Å². The third-order valence-corrected chi connectivity index (χ3v) is 6.24. The fraction of sp³-hybridized carbons (Fsp3) is 0.500. The van der Waals surface area contributed by atoms with E-state index in [0.717, 1.165) is 32.1 Å². The van der Waals surface area contributed by atoms with Gasteiger partial charge in [-0.25, -0.2) is 0 Å². The molecule has 0 atom stereocenters. The molecule has 1 rings (SSSR count). The lowest BCUT2D eigenvalue weighted by atomic mass is 10.2. The molecular weight excluding hydrogens is 332 g/mol. The van der Waals surface area contributed by atoms with E-state index in [0.29, 0.717) is 0 Å². The van der Waals surface area contributed by atoms with Crippen molar-refractivity contribution < 1.29 is 13.3 Å².